The van der Waals surface area contributed by atoms with E-state index in [9.17, 15) is 31.5 Å². The van der Waals surface area contributed by atoms with Gasteiger partial charge in [0.25, 0.3) is 5.91 Å². The number of carbonyl (C=O) groups excluding carboxylic acids is 1. The highest BCUT2D eigenvalue weighted by atomic mass is 19.2. The normalized spacial score (nSPS) is 12.1. The number of carboxylic acid groups (broad SMARTS) is 1. The van der Waals surface area contributed by atoms with Crippen molar-refractivity contribution in [3.63, 3.8) is 0 Å². The van der Waals surface area contributed by atoms with Crippen LogP contribution in [-0.4, -0.2) is 34.7 Å². The molecule has 0 fully saturated rings. The van der Waals surface area contributed by atoms with Crippen molar-refractivity contribution in [2.24, 2.45) is 0 Å². The van der Waals surface area contributed by atoms with Crippen molar-refractivity contribution in [1.82, 2.24) is 5.32 Å². The standard InChI is InChI=1S/C10H6F5NO4/c11-4-3(5(12)7(14)8(15)6(4)13)9(18)16-1-2(17)10(19)20/h2,17H,1H2,(H,16,18)(H,19,20)/t2-/m0/s1. The molecule has 0 heterocycles. The van der Waals surface area contributed by atoms with Crippen LogP contribution in [0.3, 0.4) is 0 Å². The van der Waals surface area contributed by atoms with Crippen molar-refractivity contribution in [1.29, 1.82) is 0 Å². The fourth-order valence-corrected chi connectivity index (χ4v) is 1.17. The lowest BCUT2D eigenvalue weighted by Crippen LogP contribution is -2.37. The number of carbonyl (C=O) groups is 2. The molecular formula is C10H6F5NO4. The van der Waals surface area contributed by atoms with E-state index in [2.05, 4.69) is 0 Å². The van der Waals surface area contributed by atoms with Gasteiger partial charge in [-0.05, 0) is 0 Å². The molecule has 0 aliphatic heterocycles. The van der Waals surface area contributed by atoms with Gasteiger partial charge in [0.05, 0.1) is 6.54 Å². The van der Waals surface area contributed by atoms with E-state index < -0.39 is 59.2 Å². The Bertz CT molecular complexity index is 548. The number of aliphatic carboxylic acids is 1. The van der Waals surface area contributed by atoms with Gasteiger partial charge in [0, 0.05) is 0 Å². The molecule has 0 radical (unpaired) electrons. The zero-order chi connectivity index (χ0) is 15.6. The molecule has 1 aromatic rings. The molecule has 0 spiro atoms. The number of hydrogen-bond donors (Lipinski definition) is 3. The van der Waals surface area contributed by atoms with E-state index >= 15 is 0 Å². The molecule has 0 aromatic heterocycles. The summed E-state index contributed by atoms with van der Waals surface area (Å²) in [4.78, 5) is 21.5. The van der Waals surface area contributed by atoms with Crippen molar-refractivity contribution in [3.05, 3.63) is 34.6 Å². The first-order valence-corrected chi connectivity index (χ1v) is 4.89. The first kappa shape index (κ1) is 15.8. The lowest BCUT2D eigenvalue weighted by Gasteiger charge is -2.10. The van der Waals surface area contributed by atoms with Gasteiger partial charge in [0.2, 0.25) is 5.82 Å². The Hall–Kier alpha value is -2.23. The summed E-state index contributed by atoms with van der Waals surface area (Å²) >= 11 is 0. The molecule has 110 valence electrons. The fourth-order valence-electron chi connectivity index (χ4n) is 1.17. The third-order valence-electron chi connectivity index (χ3n) is 2.18. The highest BCUT2D eigenvalue weighted by Gasteiger charge is 2.30. The van der Waals surface area contributed by atoms with Crippen LogP contribution in [0.4, 0.5) is 22.0 Å². The van der Waals surface area contributed by atoms with E-state index in [4.69, 9.17) is 10.2 Å². The van der Waals surface area contributed by atoms with Gasteiger partial charge in [-0.3, -0.25) is 4.79 Å². The molecule has 0 bridgehead atoms. The molecule has 5 nitrogen and oxygen atoms in total. The smallest absolute Gasteiger partial charge is 0.334 e. The number of aliphatic hydroxyl groups excluding tert-OH is 1. The van der Waals surface area contributed by atoms with Gasteiger partial charge in [-0.25, -0.2) is 26.7 Å². The summed E-state index contributed by atoms with van der Waals surface area (Å²) < 4.78 is 64.7. The van der Waals surface area contributed by atoms with Crippen molar-refractivity contribution < 1.29 is 41.8 Å². The van der Waals surface area contributed by atoms with E-state index in [1.807, 2.05) is 0 Å². The van der Waals surface area contributed by atoms with Crippen LogP contribution in [0.25, 0.3) is 0 Å². The topological polar surface area (TPSA) is 86.6 Å². The molecule has 0 unspecified atom stereocenters. The molecule has 20 heavy (non-hydrogen) atoms. The molecule has 0 saturated heterocycles. The van der Waals surface area contributed by atoms with E-state index in [0.717, 1.165) is 0 Å². The fraction of sp³-hybridized carbons (Fsp3) is 0.200. The molecular weight excluding hydrogens is 293 g/mol. The summed E-state index contributed by atoms with van der Waals surface area (Å²) in [5.41, 5.74) is -1.76. The van der Waals surface area contributed by atoms with Crippen LogP contribution in [0.2, 0.25) is 0 Å². The molecule has 0 aliphatic rings. The molecule has 1 aromatic carbocycles. The van der Waals surface area contributed by atoms with Gasteiger partial charge in [0.1, 0.15) is 5.56 Å². The third kappa shape index (κ3) is 2.85. The van der Waals surface area contributed by atoms with Crippen molar-refractivity contribution in [2.75, 3.05) is 6.54 Å². The Kier molecular flexibility index (Phi) is 4.61. The van der Waals surface area contributed by atoms with Crippen LogP contribution in [-0.2, 0) is 4.79 Å². The Balaban J connectivity index is 3.08. The first-order valence-electron chi connectivity index (χ1n) is 4.89. The van der Waals surface area contributed by atoms with Crippen molar-refractivity contribution >= 4 is 11.9 Å². The van der Waals surface area contributed by atoms with Gasteiger partial charge in [-0.1, -0.05) is 0 Å². The number of aliphatic hydroxyl groups is 1. The molecule has 0 aliphatic carbocycles. The zero-order valence-electron chi connectivity index (χ0n) is 9.39. The maximum atomic E-state index is 13.2. The van der Waals surface area contributed by atoms with Crippen LogP contribution < -0.4 is 5.32 Å². The van der Waals surface area contributed by atoms with Gasteiger partial charge in [0.15, 0.2) is 29.4 Å². The number of amides is 1. The van der Waals surface area contributed by atoms with Crippen molar-refractivity contribution in [2.45, 2.75) is 6.10 Å². The third-order valence-corrected chi connectivity index (χ3v) is 2.18. The number of hydrogen-bond acceptors (Lipinski definition) is 3. The number of benzene rings is 1. The second kappa shape index (κ2) is 5.82. The van der Waals surface area contributed by atoms with E-state index in [-0.39, 0.29) is 0 Å². The van der Waals surface area contributed by atoms with Gasteiger partial charge >= 0.3 is 5.97 Å². The highest BCUT2D eigenvalue weighted by Crippen LogP contribution is 2.22. The Morgan fingerprint density at radius 3 is 1.75 bits per heavy atom. The Morgan fingerprint density at radius 2 is 1.35 bits per heavy atom. The average molecular weight is 299 g/mol. The highest BCUT2D eigenvalue weighted by molar-refractivity contribution is 5.95. The van der Waals surface area contributed by atoms with Crippen LogP contribution in [0.5, 0.6) is 0 Å². The summed E-state index contributed by atoms with van der Waals surface area (Å²) in [5, 5.41) is 18.6. The minimum Gasteiger partial charge on any atom is -0.479 e. The number of carboxylic acids is 1. The van der Waals surface area contributed by atoms with Crippen LogP contribution in [0.1, 0.15) is 10.4 Å². The summed E-state index contributed by atoms with van der Waals surface area (Å²) in [6, 6.07) is 0. The lowest BCUT2D eigenvalue weighted by molar-refractivity contribution is -0.146. The second-order valence-electron chi connectivity index (χ2n) is 3.51. The summed E-state index contributed by atoms with van der Waals surface area (Å²) in [6.07, 6.45) is -2.10. The van der Waals surface area contributed by atoms with Gasteiger partial charge in [-0.2, -0.15) is 0 Å². The Labute approximate surface area is 107 Å². The van der Waals surface area contributed by atoms with E-state index in [1.165, 1.54) is 5.32 Å². The quantitative estimate of drug-likeness (QED) is 0.431. The Morgan fingerprint density at radius 1 is 0.950 bits per heavy atom. The van der Waals surface area contributed by atoms with Crippen LogP contribution >= 0.6 is 0 Å². The molecule has 1 amide bonds. The minimum absolute atomic E-state index is 0.979. The maximum Gasteiger partial charge on any atom is 0.334 e. The lowest BCUT2D eigenvalue weighted by atomic mass is 10.1. The van der Waals surface area contributed by atoms with E-state index in [1.54, 1.807) is 0 Å². The van der Waals surface area contributed by atoms with Crippen LogP contribution in [0, 0.1) is 29.1 Å². The largest absolute Gasteiger partial charge is 0.479 e. The molecule has 0 saturated carbocycles. The molecule has 1 rings (SSSR count). The average Bonchev–Trinajstić information content (AvgIpc) is 2.40. The summed E-state index contributed by atoms with van der Waals surface area (Å²) in [7, 11) is 0. The number of nitrogens with one attached hydrogen (secondary N) is 1. The summed E-state index contributed by atoms with van der Waals surface area (Å²) in [6.45, 7) is -0.979. The first-order chi connectivity index (χ1) is 9.18. The van der Waals surface area contributed by atoms with Gasteiger partial charge in [-0.15, -0.1) is 0 Å². The number of rotatable bonds is 4. The molecule has 10 heteroatoms. The predicted octanol–water partition coefficient (Wildman–Crippen LogP) is 0.557. The van der Waals surface area contributed by atoms with E-state index in [0.29, 0.717) is 0 Å². The second-order valence-corrected chi connectivity index (χ2v) is 3.51. The minimum atomic E-state index is -2.43. The number of halogens is 5. The zero-order valence-corrected chi connectivity index (χ0v) is 9.39. The monoisotopic (exact) mass is 299 g/mol. The maximum absolute atomic E-state index is 13.2. The van der Waals surface area contributed by atoms with Crippen molar-refractivity contribution in [3.8, 4) is 0 Å². The SMILES string of the molecule is O=C(NC[C@H](O)C(=O)O)c1c(F)c(F)c(F)c(F)c1F. The van der Waals surface area contributed by atoms with Gasteiger partial charge < -0.3 is 15.5 Å². The molecule has 3 N–H and O–H groups in total. The van der Waals surface area contributed by atoms with Crippen LogP contribution in [0.15, 0.2) is 0 Å². The summed E-state index contributed by atoms with van der Waals surface area (Å²) in [5.74, 6) is -15.3. The predicted molar refractivity (Wildman–Crippen MR) is 52.2 cm³/mol. The molecule has 1 atom stereocenters.